The van der Waals surface area contributed by atoms with Crippen molar-refractivity contribution in [2.24, 2.45) is 0 Å². The second kappa shape index (κ2) is 9.76. The lowest BCUT2D eigenvalue weighted by atomic mass is 10.1. The van der Waals surface area contributed by atoms with Crippen LogP contribution in [0.2, 0.25) is 5.15 Å². The average molecular weight is 452 g/mol. The van der Waals surface area contributed by atoms with Gasteiger partial charge < -0.3 is 15.1 Å². The van der Waals surface area contributed by atoms with Gasteiger partial charge in [-0.3, -0.25) is 4.79 Å². The summed E-state index contributed by atoms with van der Waals surface area (Å²) in [5, 5.41) is 7.87. The molecule has 4 rings (SSSR count). The first-order chi connectivity index (χ1) is 15.5. The minimum absolute atomic E-state index is 0.237. The Morgan fingerprint density at radius 2 is 1.78 bits per heavy atom. The Hall–Kier alpha value is -2.83. The summed E-state index contributed by atoms with van der Waals surface area (Å²) in [6.45, 7) is 11.9. The first kappa shape index (κ1) is 22.4. The van der Waals surface area contributed by atoms with Crippen LogP contribution in [0.1, 0.15) is 34.1 Å². The molecule has 3 aromatic rings. The smallest absolute Gasteiger partial charge is 0.260 e. The largest absolute Gasteiger partial charge is 0.369 e. The van der Waals surface area contributed by atoms with Crippen molar-refractivity contribution < 1.29 is 4.79 Å². The highest BCUT2D eigenvalue weighted by molar-refractivity contribution is 6.33. The number of aryl methyl sites for hydroxylation is 2. The van der Waals surface area contributed by atoms with Crippen molar-refractivity contribution in [3.05, 3.63) is 76.1 Å². The van der Waals surface area contributed by atoms with Gasteiger partial charge in [-0.15, -0.1) is 0 Å². The van der Waals surface area contributed by atoms with E-state index in [1.54, 1.807) is 4.68 Å². The number of rotatable bonds is 6. The summed E-state index contributed by atoms with van der Waals surface area (Å²) < 4.78 is 1.67. The van der Waals surface area contributed by atoms with Crippen molar-refractivity contribution in [3.63, 3.8) is 0 Å². The Balaban J connectivity index is 1.47. The number of carbonyl (C=O) groups is 1. The van der Waals surface area contributed by atoms with Gasteiger partial charge in [0.15, 0.2) is 0 Å². The third-order valence-electron chi connectivity index (χ3n) is 6.11. The molecule has 6 nitrogen and oxygen atoms in total. The van der Waals surface area contributed by atoms with Crippen molar-refractivity contribution in [2.45, 2.75) is 27.3 Å². The first-order valence-corrected chi connectivity index (χ1v) is 11.5. The topological polar surface area (TPSA) is 53.4 Å². The molecule has 0 radical (unpaired) electrons. The number of benzene rings is 2. The van der Waals surface area contributed by atoms with Crippen LogP contribution in [-0.4, -0.2) is 53.3 Å². The number of halogens is 1. The van der Waals surface area contributed by atoms with Crippen molar-refractivity contribution >= 4 is 28.9 Å². The standard InChI is InChI=1S/C25H30ClN5O/c1-4-29-12-14-30(15-13-29)21-10-11-22(18(2)16-21)27-25(32)23-19(3)28-31(24(23)26)17-20-8-6-5-7-9-20/h5-11,16H,4,12-15,17H2,1-3H3,(H,27,32). The van der Waals surface area contributed by atoms with E-state index in [9.17, 15) is 4.79 Å². The van der Waals surface area contributed by atoms with Gasteiger partial charge in [0.25, 0.3) is 5.91 Å². The molecule has 0 spiro atoms. The van der Waals surface area contributed by atoms with E-state index in [2.05, 4.69) is 39.3 Å². The van der Waals surface area contributed by atoms with Gasteiger partial charge in [0.1, 0.15) is 5.15 Å². The van der Waals surface area contributed by atoms with Crippen LogP contribution < -0.4 is 10.2 Å². The number of anilines is 2. The summed E-state index contributed by atoms with van der Waals surface area (Å²) in [4.78, 5) is 17.9. The lowest BCUT2D eigenvalue weighted by molar-refractivity contribution is 0.102. The summed E-state index contributed by atoms with van der Waals surface area (Å²) >= 11 is 6.56. The molecule has 1 N–H and O–H groups in total. The minimum Gasteiger partial charge on any atom is -0.369 e. The lowest BCUT2D eigenvalue weighted by Gasteiger charge is -2.35. The molecular formula is C25H30ClN5O. The highest BCUT2D eigenvalue weighted by Crippen LogP contribution is 2.26. The maximum atomic E-state index is 13.1. The minimum atomic E-state index is -0.237. The Morgan fingerprint density at radius 3 is 2.44 bits per heavy atom. The monoisotopic (exact) mass is 451 g/mol. The third-order valence-corrected chi connectivity index (χ3v) is 6.49. The zero-order valence-corrected chi connectivity index (χ0v) is 19.7. The molecule has 7 heteroatoms. The Labute approximate surface area is 194 Å². The molecule has 1 aliphatic heterocycles. The van der Waals surface area contributed by atoms with Crippen molar-refractivity contribution in [2.75, 3.05) is 42.9 Å². The van der Waals surface area contributed by atoms with E-state index in [-0.39, 0.29) is 5.91 Å². The Morgan fingerprint density at radius 1 is 1.06 bits per heavy atom. The predicted molar refractivity (Wildman–Crippen MR) is 131 cm³/mol. The van der Waals surface area contributed by atoms with Crippen LogP contribution >= 0.6 is 11.6 Å². The van der Waals surface area contributed by atoms with Gasteiger partial charge >= 0.3 is 0 Å². The first-order valence-electron chi connectivity index (χ1n) is 11.1. The van der Waals surface area contributed by atoms with Crippen LogP contribution in [0.3, 0.4) is 0 Å². The van der Waals surface area contributed by atoms with Crippen molar-refractivity contribution in [1.29, 1.82) is 0 Å². The summed E-state index contributed by atoms with van der Waals surface area (Å²) in [5.74, 6) is -0.237. The molecule has 2 heterocycles. The molecule has 168 valence electrons. The number of likely N-dealkylation sites (N-methyl/N-ethyl adjacent to an activating group) is 1. The third kappa shape index (κ3) is 4.81. The molecule has 1 fully saturated rings. The van der Waals surface area contributed by atoms with Crippen LogP contribution in [-0.2, 0) is 6.54 Å². The predicted octanol–water partition coefficient (Wildman–Crippen LogP) is 4.60. The van der Waals surface area contributed by atoms with Gasteiger partial charge in [-0.1, -0.05) is 48.9 Å². The van der Waals surface area contributed by atoms with Crippen LogP contribution in [0.25, 0.3) is 0 Å². The van der Waals surface area contributed by atoms with Gasteiger partial charge in [0.05, 0.1) is 17.8 Å². The molecule has 1 amide bonds. The van der Waals surface area contributed by atoms with E-state index < -0.39 is 0 Å². The Kier molecular flexibility index (Phi) is 6.82. The summed E-state index contributed by atoms with van der Waals surface area (Å²) in [6, 6.07) is 16.2. The molecule has 1 saturated heterocycles. The van der Waals surface area contributed by atoms with E-state index in [1.165, 1.54) is 5.69 Å². The van der Waals surface area contributed by atoms with E-state index in [4.69, 9.17) is 11.6 Å². The molecule has 1 aromatic heterocycles. The fourth-order valence-corrected chi connectivity index (χ4v) is 4.48. The molecular weight excluding hydrogens is 422 g/mol. The van der Waals surface area contributed by atoms with Gasteiger partial charge in [0, 0.05) is 37.6 Å². The molecule has 32 heavy (non-hydrogen) atoms. The number of aromatic nitrogens is 2. The molecule has 0 atom stereocenters. The summed E-state index contributed by atoms with van der Waals surface area (Å²) in [5.41, 5.74) is 5.13. The molecule has 0 unspecified atom stereocenters. The molecule has 2 aromatic carbocycles. The highest BCUT2D eigenvalue weighted by Gasteiger charge is 2.22. The van der Waals surface area contributed by atoms with Crippen LogP contribution in [0, 0.1) is 13.8 Å². The Bertz CT molecular complexity index is 1090. The van der Waals surface area contributed by atoms with Crippen LogP contribution in [0.4, 0.5) is 11.4 Å². The zero-order chi connectivity index (χ0) is 22.7. The zero-order valence-electron chi connectivity index (χ0n) is 18.9. The average Bonchev–Trinajstić information content (AvgIpc) is 3.08. The second-order valence-corrected chi connectivity index (χ2v) is 8.63. The molecule has 0 saturated carbocycles. The van der Waals surface area contributed by atoms with E-state index >= 15 is 0 Å². The summed E-state index contributed by atoms with van der Waals surface area (Å²) in [7, 11) is 0. The van der Waals surface area contributed by atoms with E-state index in [1.807, 2.05) is 50.2 Å². The molecule has 0 bridgehead atoms. The number of nitrogens with zero attached hydrogens (tertiary/aromatic N) is 4. The van der Waals surface area contributed by atoms with Crippen molar-refractivity contribution in [3.8, 4) is 0 Å². The molecule has 0 aliphatic carbocycles. The van der Waals surface area contributed by atoms with Crippen molar-refractivity contribution in [1.82, 2.24) is 14.7 Å². The van der Waals surface area contributed by atoms with Crippen LogP contribution in [0.15, 0.2) is 48.5 Å². The second-order valence-electron chi connectivity index (χ2n) is 8.27. The normalized spacial score (nSPS) is 14.6. The lowest BCUT2D eigenvalue weighted by Crippen LogP contribution is -2.46. The number of carbonyl (C=O) groups excluding carboxylic acids is 1. The number of amides is 1. The fraction of sp³-hybridized carbons (Fsp3) is 0.360. The molecule has 1 aliphatic rings. The van der Waals surface area contributed by atoms with Gasteiger partial charge in [-0.25, -0.2) is 4.68 Å². The fourth-order valence-electron chi connectivity index (χ4n) is 4.16. The quantitative estimate of drug-likeness (QED) is 0.595. The van der Waals surface area contributed by atoms with Gasteiger partial charge in [0.2, 0.25) is 0 Å². The van der Waals surface area contributed by atoms with E-state index in [0.29, 0.717) is 23.0 Å². The maximum Gasteiger partial charge on any atom is 0.260 e. The highest BCUT2D eigenvalue weighted by atomic mass is 35.5. The number of piperazine rings is 1. The maximum absolute atomic E-state index is 13.1. The number of hydrogen-bond donors (Lipinski definition) is 1. The number of hydrogen-bond acceptors (Lipinski definition) is 4. The van der Waals surface area contributed by atoms with Gasteiger partial charge in [-0.2, -0.15) is 5.10 Å². The number of nitrogens with one attached hydrogen (secondary N) is 1. The SMILES string of the molecule is CCN1CCN(c2ccc(NC(=O)c3c(C)nn(Cc4ccccc4)c3Cl)c(C)c2)CC1. The summed E-state index contributed by atoms with van der Waals surface area (Å²) in [6.07, 6.45) is 0. The van der Waals surface area contributed by atoms with E-state index in [0.717, 1.165) is 49.5 Å². The van der Waals surface area contributed by atoms with Gasteiger partial charge in [-0.05, 0) is 49.7 Å². The van der Waals surface area contributed by atoms with Crippen LogP contribution in [0.5, 0.6) is 0 Å².